The molecule has 0 unspecified atom stereocenters. The summed E-state index contributed by atoms with van der Waals surface area (Å²) in [7, 11) is 0. The number of carbonyl (C=O) groups excluding carboxylic acids is 3. The van der Waals surface area contributed by atoms with Crippen LogP contribution in [0, 0.1) is 40.4 Å². The highest BCUT2D eigenvalue weighted by Crippen LogP contribution is 2.67. The van der Waals surface area contributed by atoms with Crippen LogP contribution in [-0.2, 0) is 19.1 Å². The summed E-state index contributed by atoms with van der Waals surface area (Å²) in [5.74, 6) is -1.81. The summed E-state index contributed by atoms with van der Waals surface area (Å²) in [4.78, 5) is 37.5. The first kappa shape index (κ1) is 21.4. The van der Waals surface area contributed by atoms with Gasteiger partial charge >= 0.3 is 5.97 Å². The minimum Gasteiger partial charge on any atom is -0.466 e. The molecule has 0 aromatic rings. The second-order valence-corrected chi connectivity index (χ2v) is 10.00. The predicted molar refractivity (Wildman–Crippen MR) is 109 cm³/mol. The van der Waals surface area contributed by atoms with Crippen LogP contribution in [0.4, 0.5) is 0 Å². The largest absolute Gasteiger partial charge is 0.466 e. The summed E-state index contributed by atoms with van der Waals surface area (Å²) in [6, 6.07) is 0. The molecule has 8 atom stereocenters. The topological polar surface area (TPSA) is 101 Å². The highest BCUT2D eigenvalue weighted by Gasteiger charge is 2.66. The molecule has 4 rings (SSSR count). The molecular formula is C24H32O6. The number of fused-ring (bicyclic) bond motifs is 5. The van der Waals surface area contributed by atoms with Crippen LogP contribution < -0.4 is 0 Å². The van der Waals surface area contributed by atoms with Crippen LogP contribution in [-0.4, -0.2) is 47.1 Å². The maximum absolute atomic E-state index is 12.8. The van der Waals surface area contributed by atoms with E-state index in [2.05, 4.69) is 6.92 Å². The summed E-state index contributed by atoms with van der Waals surface area (Å²) < 4.78 is 5.29. The van der Waals surface area contributed by atoms with Crippen molar-refractivity contribution >= 4 is 17.5 Å². The smallest absolute Gasteiger partial charge is 0.309 e. The third-order valence-electron chi connectivity index (χ3n) is 8.64. The van der Waals surface area contributed by atoms with Gasteiger partial charge in [0.25, 0.3) is 0 Å². The number of carbonyl (C=O) groups is 3. The SMILES string of the molecule is CCOC(=O)[C@@H]1C[C@H]2[C@@H]3CCC4=CC(=O)C=C[C@]4(C)[C@H]3[C@@H](O)C[C@]2(C)[C@H]1C(=O)CO. The zero-order chi connectivity index (χ0) is 21.8. The molecule has 6 heteroatoms. The molecule has 0 spiro atoms. The minimum absolute atomic E-state index is 0.00656. The first-order chi connectivity index (χ1) is 14.2. The fourth-order valence-corrected chi connectivity index (χ4v) is 7.55. The minimum atomic E-state index is -0.655. The number of Topliss-reactive ketones (excluding diaryl/α,β-unsaturated/α-hetero) is 1. The number of allylic oxidation sites excluding steroid dienone is 4. The Bertz CT molecular complexity index is 828. The second-order valence-electron chi connectivity index (χ2n) is 10.00. The van der Waals surface area contributed by atoms with Crippen molar-refractivity contribution < 1.29 is 29.3 Å². The van der Waals surface area contributed by atoms with Gasteiger partial charge < -0.3 is 14.9 Å². The molecule has 0 aromatic carbocycles. The fraction of sp³-hybridized carbons (Fsp3) is 0.708. The van der Waals surface area contributed by atoms with Crippen molar-refractivity contribution in [2.24, 2.45) is 40.4 Å². The first-order valence-electron chi connectivity index (χ1n) is 11.1. The van der Waals surface area contributed by atoms with E-state index in [0.29, 0.717) is 12.8 Å². The predicted octanol–water partition coefficient (Wildman–Crippen LogP) is 2.23. The van der Waals surface area contributed by atoms with Crippen molar-refractivity contribution in [2.75, 3.05) is 13.2 Å². The van der Waals surface area contributed by atoms with Crippen LogP contribution in [0.3, 0.4) is 0 Å². The number of ether oxygens (including phenoxy) is 1. The quantitative estimate of drug-likeness (QED) is 0.682. The van der Waals surface area contributed by atoms with Crippen LogP contribution in [0.25, 0.3) is 0 Å². The fourth-order valence-electron chi connectivity index (χ4n) is 7.55. The van der Waals surface area contributed by atoms with Crippen LogP contribution in [0.15, 0.2) is 23.8 Å². The molecule has 0 amide bonds. The summed E-state index contributed by atoms with van der Waals surface area (Å²) >= 11 is 0. The summed E-state index contributed by atoms with van der Waals surface area (Å²) in [5.41, 5.74) is 0.112. The number of aliphatic hydroxyl groups excluding tert-OH is 2. The van der Waals surface area contributed by atoms with E-state index >= 15 is 0 Å². The van der Waals surface area contributed by atoms with E-state index in [1.54, 1.807) is 19.1 Å². The molecular weight excluding hydrogens is 384 g/mol. The van der Waals surface area contributed by atoms with Crippen molar-refractivity contribution in [3.8, 4) is 0 Å². The zero-order valence-corrected chi connectivity index (χ0v) is 18.0. The van der Waals surface area contributed by atoms with Crippen molar-refractivity contribution in [3.05, 3.63) is 23.8 Å². The molecule has 4 aliphatic carbocycles. The lowest BCUT2D eigenvalue weighted by Crippen LogP contribution is -2.56. The third kappa shape index (κ3) is 2.94. The Morgan fingerprint density at radius 3 is 2.70 bits per heavy atom. The normalized spacial score (nSPS) is 44.6. The van der Waals surface area contributed by atoms with Gasteiger partial charge in [-0.15, -0.1) is 0 Å². The molecule has 6 nitrogen and oxygen atoms in total. The van der Waals surface area contributed by atoms with Gasteiger partial charge in [0.05, 0.1) is 18.6 Å². The van der Waals surface area contributed by atoms with Gasteiger partial charge in [0.1, 0.15) is 6.61 Å². The molecule has 0 radical (unpaired) electrons. The number of ketones is 2. The van der Waals surface area contributed by atoms with Crippen LogP contribution in [0.5, 0.6) is 0 Å². The maximum Gasteiger partial charge on any atom is 0.309 e. The number of hydrogen-bond acceptors (Lipinski definition) is 6. The Labute approximate surface area is 177 Å². The van der Waals surface area contributed by atoms with E-state index in [1.807, 2.05) is 13.0 Å². The number of aliphatic hydroxyl groups is 2. The Balaban J connectivity index is 1.74. The molecule has 0 heterocycles. The average Bonchev–Trinajstić information content (AvgIpc) is 3.00. The van der Waals surface area contributed by atoms with Gasteiger partial charge in [-0.2, -0.15) is 0 Å². The Hall–Kier alpha value is -1.79. The highest BCUT2D eigenvalue weighted by molar-refractivity contribution is 6.01. The number of esters is 1. The Morgan fingerprint density at radius 2 is 2.03 bits per heavy atom. The lowest BCUT2D eigenvalue weighted by molar-refractivity contribution is -0.155. The highest BCUT2D eigenvalue weighted by atomic mass is 16.5. The van der Waals surface area contributed by atoms with Crippen LogP contribution >= 0.6 is 0 Å². The Morgan fingerprint density at radius 1 is 1.30 bits per heavy atom. The Kier molecular flexibility index (Phi) is 5.30. The monoisotopic (exact) mass is 416 g/mol. The molecule has 3 fully saturated rings. The summed E-state index contributed by atoms with van der Waals surface area (Å²) in [5, 5.41) is 21.0. The number of hydrogen-bond donors (Lipinski definition) is 2. The van der Waals surface area contributed by atoms with Gasteiger partial charge in [-0.3, -0.25) is 14.4 Å². The van der Waals surface area contributed by atoms with Crippen LogP contribution in [0.1, 0.15) is 46.5 Å². The van der Waals surface area contributed by atoms with E-state index in [0.717, 1.165) is 18.4 Å². The molecule has 0 aromatic heterocycles. The van der Waals surface area contributed by atoms with Crippen LogP contribution in [0.2, 0.25) is 0 Å². The standard InChI is InChI=1S/C24H32O6/c1-4-30-22(29)16-10-17-15-6-5-13-9-14(26)7-8-23(13,2)20(15)18(27)11-24(17,3)21(16)19(28)12-25/h7-9,15-18,20-21,25,27H,4-6,10-12H2,1-3H3/t15-,16+,17-,18-,20+,21+,23-,24-/m0/s1. The van der Waals surface area contributed by atoms with Gasteiger partial charge in [0.15, 0.2) is 11.6 Å². The molecule has 4 aliphatic rings. The lowest BCUT2D eigenvalue weighted by Gasteiger charge is -2.58. The summed E-state index contributed by atoms with van der Waals surface area (Å²) in [6.07, 6.45) is 7.13. The lowest BCUT2D eigenvalue weighted by atomic mass is 9.46. The maximum atomic E-state index is 12.8. The zero-order valence-electron chi connectivity index (χ0n) is 18.0. The van der Waals surface area contributed by atoms with Crippen molar-refractivity contribution in [3.63, 3.8) is 0 Å². The third-order valence-corrected chi connectivity index (χ3v) is 8.64. The van der Waals surface area contributed by atoms with Gasteiger partial charge in [-0.25, -0.2) is 0 Å². The molecule has 0 bridgehead atoms. The first-order valence-corrected chi connectivity index (χ1v) is 11.1. The van der Waals surface area contributed by atoms with Gasteiger partial charge in [0.2, 0.25) is 0 Å². The van der Waals surface area contributed by atoms with E-state index < -0.39 is 35.4 Å². The average molecular weight is 417 g/mol. The molecule has 164 valence electrons. The molecule has 30 heavy (non-hydrogen) atoms. The van der Waals surface area contributed by atoms with Crippen molar-refractivity contribution in [1.82, 2.24) is 0 Å². The molecule has 0 saturated heterocycles. The van der Waals surface area contributed by atoms with Gasteiger partial charge in [0, 0.05) is 17.3 Å². The number of rotatable bonds is 4. The van der Waals surface area contributed by atoms with E-state index in [9.17, 15) is 24.6 Å². The second kappa shape index (κ2) is 7.41. The molecule has 0 aliphatic heterocycles. The van der Waals surface area contributed by atoms with Crippen molar-refractivity contribution in [2.45, 2.75) is 52.6 Å². The van der Waals surface area contributed by atoms with Gasteiger partial charge in [-0.1, -0.05) is 25.5 Å². The van der Waals surface area contributed by atoms with Crippen molar-refractivity contribution in [1.29, 1.82) is 0 Å². The van der Waals surface area contributed by atoms with Gasteiger partial charge in [-0.05, 0) is 62.0 Å². The molecule has 2 N–H and O–H groups in total. The van der Waals surface area contributed by atoms with E-state index in [1.165, 1.54) is 0 Å². The van der Waals surface area contributed by atoms with E-state index in [4.69, 9.17) is 4.74 Å². The summed E-state index contributed by atoms with van der Waals surface area (Å²) in [6.45, 7) is 5.48. The molecule has 3 saturated carbocycles. The van der Waals surface area contributed by atoms with E-state index in [-0.39, 0.29) is 41.9 Å².